The minimum atomic E-state index is -1.07. The van der Waals surface area contributed by atoms with Gasteiger partial charge in [0.15, 0.2) is 6.10 Å². The maximum absolute atomic E-state index is 11.5. The van der Waals surface area contributed by atoms with Crippen LogP contribution < -0.4 is 10.2 Å². The van der Waals surface area contributed by atoms with Gasteiger partial charge in [-0.1, -0.05) is 0 Å². The van der Waals surface area contributed by atoms with Gasteiger partial charge in [0.2, 0.25) is 0 Å². The third kappa shape index (κ3) is 2.32. The molecule has 1 aromatic rings. The first-order chi connectivity index (χ1) is 9.37. The normalized spacial score (nSPS) is 24.5. The standard InChI is InChI=1S/C14H17BrN2O3/c1-14(2)7-17(3-4-20-14)11-6-10-8(5-9(11)15)12(18)13(19)16-10/h5-6,12,18H,3-4,7H2,1-2H3,(H,16,19). The Morgan fingerprint density at radius 3 is 2.95 bits per heavy atom. The summed E-state index contributed by atoms with van der Waals surface area (Å²) in [5.74, 6) is -0.369. The predicted octanol–water partition coefficient (Wildman–Crippen LogP) is 2.05. The van der Waals surface area contributed by atoms with E-state index in [-0.39, 0.29) is 11.5 Å². The summed E-state index contributed by atoms with van der Waals surface area (Å²) in [5.41, 5.74) is 2.12. The lowest BCUT2D eigenvalue weighted by Gasteiger charge is -2.40. The summed E-state index contributed by atoms with van der Waals surface area (Å²) in [6.07, 6.45) is -1.07. The summed E-state index contributed by atoms with van der Waals surface area (Å²) in [5, 5.41) is 12.5. The number of aliphatic hydroxyl groups excluding tert-OH is 1. The van der Waals surface area contributed by atoms with Crippen LogP contribution in [0.4, 0.5) is 11.4 Å². The number of carbonyl (C=O) groups is 1. The molecule has 1 unspecified atom stereocenters. The first-order valence-electron chi connectivity index (χ1n) is 6.59. The topological polar surface area (TPSA) is 61.8 Å². The van der Waals surface area contributed by atoms with Crippen LogP contribution in [0.3, 0.4) is 0 Å². The molecule has 1 aromatic carbocycles. The minimum Gasteiger partial charge on any atom is -0.378 e. The molecule has 1 atom stereocenters. The number of nitrogens with one attached hydrogen (secondary N) is 1. The quantitative estimate of drug-likeness (QED) is 0.821. The molecule has 1 saturated heterocycles. The molecular formula is C14H17BrN2O3. The van der Waals surface area contributed by atoms with Crippen molar-refractivity contribution >= 4 is 33.2 Å². The lowest BCUT2D eigenvalue weighted by molar-refractivity contribution is -0.123. The lowest BCUT2D eigenvalue weighted by atomic mass is 10.1. The van der Waals surface area contributed by atoms with Crippen LogP contribution in [0.1, 0.15) is 25.5 Å². The highest BCUT2D eigenvalue weighted by molar-refractivity contribution is 9.10. The maximum Gasteiger partial charge on any atom is 0.257 e. The van der Waals surface area contributed by atoms with Crippen molar-refractivity contribution < 1.29 is 14.6 Å². The molecule has 2 aliphatic rings. The fourth-order valence-corrected chi connectivity index (χ4v) is 3.33. The predicted molar refractivity (Wildman–Crippen MR) is 80.0 cm³/mol. The average Bonchev–Trinajstić information content (AvgIpc) is 2.63. The van der Waals surface area contributed by atoms with Crippen LogP contribution in [0.25, 0.3) is 0 Å². The van der Waals surface area contributed by atoms with Gasteiger partial charge in [-0.2, -0.15) is 0 Å². The number of halogens is 1. The number of hydrogen-bond donors (Lipinski definition) is 2. The molecule has 20 heavy (non-hydrogen) atoms. The summed E-state index contributed by atoms with van der Waals surface area (Å²) >= 11 is 3.54. The van der Waals surface area contributed by atoms with Crippen LogP contribution in [-0.4, -0.2) is 36.3 Å². The van der Waals surface area contributed by atoms with E-state index in [1.165, 1.54) is 0 Å². The number of rotatable bonds is 1. The number of morpholine rings is 1. The average molecular weight is 341 g/mol. The molecule has 0 aromatic heterocycles. The molecule has 108 valence electrons. The summed E-state index contributed by atoms with van der Waals surface area (Å²) in [6, 6.07) is 3.73. The van der Waals surface area contributed by atoms with Crippen molar-refractivity contribution in [2.45, 2.75) is 25.6 Å². The Labute approximate surface area is 126 Å². The van der Waals surface area contributed by atoms with E-state index in [2.05, 4.69) is 40.0 Å². The Balaban J connectivity index is 1.96. The van der Waals surface area contributed by atoms with Gasteiger partial charge < -0.3 is 20.1 Å². The number of ether oxygens (including phenoxy) is 1. The molecule has 6 heteroatoms. The monoisotopic (exact) mass is 340 g/mol. The molecule has 2 heterocycles. The van der Waals surface area contributed by atoms with Crippen molar-refractivity contribution in [2.75, 3.05) is 29.9 Å². The Kier molecular flexibility index (Phi) is 3.27. The van der Waals surface area contributed by atoms with Crippen LogP contribution >= 0.6 is 15.9 Å². The number of nitrogens with zero attached hydrogens (tertiary/aromatic N) is 1. The number of hydrogen-bond acceptors (Lipinski definition) is 4. The van der Waals surface area contributed by atoms with Gasteiger partial charge in [0.1, 0.15) is 0 Å². The number of carbonyl (C=O) groups excluding carboxylic acids is 1. The molecule has 1 amide bonds. The van der Waals surface area contributed by atoms with Gasteiger partial charge in [-0.3, -0.25) is 4.79 Å². The van der Waals surface area contributed by atoms with Crippen LogP contribution in [-0.2, 0) is 9.53 Å². The Morgan fingerprint density at radius 1 is 1.50 bits per heavy atom. The van der Waals surface area contributed by atoms with E-state index in [4.69, 9.17) is 4.74 Å². The number of anilines is 2. The van der Waals surface area contributed by atoms with E-state index in [0.717, 1.165) is 23.2 Å². The van der Waals surface area contributed by atoms with Crippen molar-refractivity contribution in [3.63, 3.8) is 0 Å². The molecule has 0 bridgehead atoms. The summed E-state index contributed by atoms with van der Waals surface area (Å²) in [6.45, 7) is 6.38. The zero-order valence-corrected chi connectivity index (χ0v) is 13.0. The molecule has 2 aliphatic heterocycles. The molecule has 1 fully saturated rings. The maximum atomic E-state index is 11.5. The number of benzene rings is 1. The minimum absolute atomic E-state index is 0.195. The molecule has 0 saturated carbocycles. The fourth-order valence-electron chi connectivity index (χ4n) is 2.72. The van der Waals surface area contributed by atoms with Crippen molar-refractivity contribution in [3.05, 3.63) is 22.2 Å². The highest BCUT2D eigenvalue weighted by Gasteiger charge is 2.32. The van der Waals surface area contributed by atoms with Crippen molar-refractivity contribution in [2.24, 2.45) is 0 Å². The van der Waals surface area contributed by atoms with Crippen LogP contribution in [0.2, 0.25) is 0 Å². The molecule has 5 nitrogen and oxygen atoms in total. The van der Waals surface area contributed by atoms with Crippen molar-refractivity contribution in [1.82, 2.24) is 0 Å². The van der Waals surface area contributed by atoms with Crippen molar-refractivity contribution in [1.29, 1.82) is 0 Å². The number of aliphatic hydroxyl groups is 1. The summed E-state index contributed by atoms with van der Waals surface area (Å²) < 4.78 is 6.60. The number of amides is 1. The number of fused-ring (bicyclic) bond motifs is 1. The Bertz CT molecular complexity index is 574. The molecular weight excluding hydrogens is 324 g/mol. The fraction of sp³-hybridized carbons (Fsp3) is 0.500. The van der Waals surface area contributed by atoms with Crippen LogP contribution in [0.5, 0.6) is 0 Å². The van der Waals surface area contributed by atoms with E-state index in [9.17, 15) is 9.90 Å². The first kappa shape index (κ1) is 13.9. The van der Waals surface area contributed by atoms with E-state index >= 15 is 0 Å². The third-order valence-corrected chi connectivity index (χ3v) is 4.32. The molecule has 3 rings (SSSR count). The lowest BCUT2D eigenvalue weighted by Crippen LogP contribution is -2.48. The smallest absolute Gasteiger partial charge is 0.257 e. The first-order valence-corrected chi connectivity index (χ1v) is 7.38. The Hall–Kier alpha value is -1.11. The van der Waals surface area contributed by atoms with Gasteiger partial charge in [-0.15, -0.1) is 0 Å². The van der Waals surface area contributed by atoms with Gasteiger partial charge >= 0.3 is 0 Å². The highest BCUT2D eigenvalue weighted by Crippen LogP contribution is 2.39. The summed E-state index contributed by atoms with van der Waals surface area (Å²) in [7, 11) is 0. The SMILES string of the molecule is CC1(C)CN(c2cc3c(cc2Br)C(O)C(=O)N3)CCO1. The van der Waals surface area contributed by atoms with E-state index in [1.54, 1.807) is 0 Å². The van der Waals surface area contributed by atoms with Gasteiger partial charge in [0.05, 0.1) is 17.9 Å². The molecule has 2 N–H and O–H groups in total. The van der Waals surface area contributed by atoms with Gasteiger partial charge in [0.25, 0.3) is 5.91 Å². The molecule has 0 radical (unpaired) electrons. The highest BCUT2D eigenvalue weighted by atomic mass is 79.9. The van der Waals surface area contributed by atoms with Crippen molar-refractivity contribution in [3.8, 4) is 0 Å². The second kappa shape index (κ2) is 4.72. The zero-order valence-electron chi connectivity index (χ0n) is 11.4. The molecule has 0 aliphatic carbocycles. The van der Waals surface area contributed by atoms with Crippen LogP contribution in [0.15, 0.2) is 16.6 Å². The molecule has 0 spiro atoms. The second-order valence-electron chi connectivity index (χ2n) is 5.81. The van der Waals surface area contributed by atoms with E-state index < -0.39 is 6.10 Å². The van der Waals surface area contributed by atoms with Gasteiger partial charge in [0, 0.05) is 28.8 Å². The Morgan fingerprint density at radius 2 is 2.25 bits per heavy atom. The second-order valence-corrected chi connectivity index (χ2v) is 6.67. The summed E-state index contributed by atoms with van der Waals surface area (Å²) in [4.78, 5) is 13.7. The zero-order chi connectivity index (χ0) is 14.5. The third-order valence-electron chi connectivity index (χ3n) is 3.69. The van der Waals surface area contributed by atoms with Gasteiger partial charge in [-0.05, 0) is 41.9 Å². The van der Waals surface area contributed by atoms with Gasteiger partial charge in [-0.25, -0.2) is 0 Å². The van der Waals surface area contributed by atoms with E-state index in [1.807, 2.05) is 12.1 Å². The van der Waals surface area contributed by atoms with Crippen LogP contribution in [0, 0.1) is 0 Å². The largest absolute Gasteiger partial charge is 0.378 e. The van der Waals surface area contributed by atoms with E-state index in [0.29, 0.717) is 17.9 Å².